The predicted molar refractivity (Wildman–Crippen MR) is 132 cm³/mol. The normalized spacial score (nSPS) is 11.2. The van der Waals surface area contributed by atoms with Crippen LogP contribution in [0.3, 0.4) is 0 Å². The second-order valence-corrected chi connectivity index (χ2v) is 8.10. The topological polar surface area (TPSA) is 75.3 Å². The third-order valence-electron chi connectivity index (χ3n) is 6.04. The molecule has 0 fully saturated rings. The molecule has 0 aliphatic carbocycles. The van der Waals surface area contributed by atoms with Crippen molar-refractivity contribution in [3.8, 4) is 0 Å². The molecule has 5 heteroatoms. The van der Waals surface area contributed by atoms with Gasteiger partial charge in [-0.25, -0.2) is 0 Å². The molecule has 2 N–H and O–H groups in total. The Hall–Kier alpha value is -4.25. The van der Waals surface area contributed by atoms with E-state index in [0.717, 1.165) is 32.3 Å². The van der Waals surface area contributed by atoms with Crippen molar-refractivity contribution in [1.29, 1.82) is 0 Å². The number of amides is 2. The summed E-state index contributed by atoms with van der Waals surface area (Å²) < 4.78 is 0. The van der Waals surface area contributed by atoms with Gasteiger partial charge in [-0.2, -0.15) is 0 Å². The third kappa shape index (κ3) is 3.78. The number of Topliss-reactive ketones (excluding diaryl/α,β-unsaturated/α-hetero) is 1. The van der Waals surface area contributed by atoms with Crippen LogP contribution in [0.1, 0.15) is 33.6 Å². The first-order chi connectivity index (χ1) is 16.0. The summed E-state index contributed by atoms with van der Waals surface area (Å²) in [4.78, 5) is 37.4. The fraction of sp³-hybridized carbons (Fsp3) is 0.107. The van der Waals surface area contributed by atoms with Crippen molar-refractivity contribution < 1.29 is 14.4 Å². The number of carbonyl (C=O) groups excluding carboxylic acids is 3. The summed E-state index contributed by atoms with van der Waals surface area (Å²) in [5.41, 5.74) is 1.62. The van der Waals surface area contributed by atoms with E-state index in [1.165, 1.54) is 0 Å². The zero-order chi connectivity index (χ0) is 22.9. The molecule has 0 bridgehead atoms. The highest BCUT2D eigenvalue weighted by Gasteiger charge is 2.16. The zero-order valence-corrected chi connectivity index (χ0v) is 18.1. The number of carbonyl (C=O) groups is 3. The Kier molecular flexibility index (Phi) is 5.23. The summed E-state index contributed by atoms with van der Waals surface area (Å²) >= 11 is 0. The average Bonchev–Trinajstić information content (AvgIpc) is 2.85. The van der Waals surface area contributed by atoms with Gasteiger partial charge < -0.3 is 10.6 Å². The lowest BCUT2D eigenvalue weighted by molar-refractivity contribution is -0.116. The number of benzene rings is 5. The number of hydrogen-bond donors (Lipinski definition) is 2. The maximum absolute atomic E-state index is 13.1. The second kappa shape index (κ2) is 8.36. The largest absolute Gasteiger partial charge is 0.355 e. The Bertz CT molecular complexity index is 1520. The highest BCUT2D eigenvalue weighted by molar-refractivity contribution is 6.26. The molecule has 0 atom stereocenters. The van der Waals surface area contributed by atoms with Crippen LogP contribution in [-0.4, -0.2) is 24.6 Å². The van der Waals surface area contributed by atoms with E-state index >= 15 is 0 Å². The molecule has 0 aliphatic heterocycles. The molecule has 0 unspecified atom stereocenters. The third-order valence-corrected chi connectivity index (χ3v) is 6.04. The highest BCUT2D eigenvalue weighted by atomic mass is 16.2. The SMILES string of the molecule is CNC(=O)c1cccc(NC(=O)CCC(=O)c2ccc3ccc4cccc5ccc2c3c45)c1. The number of hydrogen-bond acceptors (Lipinski definition) is 3. The zero-order valence-electron chi connectivity index (χ0n) is 18.1. The molecule has 5 nitrogen and oxygen atoms in total. The lowest BCUT2D eigenvalue weighted by Gasteiger charge is -2.13. The molecular formula is C28H22N2O3. The molecule has 5 aromatic carbocycles. The van der Waals surface area contributed by atoms with Gasteiger partial charge in [-0.3, -0.25) is 14.4 Å². The number of anilines is 1. The van der Waals surface area contributed by atoms with Crippen LogP contribution in [0.25, 0.3) is 32.3 Å². The Labute approximate surface area is 190 Å². The van der Waals surface area contributed by atoms with E-state index in [0.29, 0.717) is 16.8 Å². The lowest BCUT2D eigenvalue weighted by Crippen LogP contribution is -2.18. The van der Waals surface area contributed by atoms with Crippen molar-refractivity contribution in [2.45, 2.75) is 12.8 Å². The average molecular weight is 434 g/mol. The van der Waals surface area contributed by atoms with Crippen LogP contribution in [-0.2, 0) is 4.79 Å². The monoisotopic (exact) mass is 434 g/mol. The summed E-state index contributed by atoms with van der Waals surface area (Å²) in [5, 5.41) is 11.9. The summed E-state index contributed by atoms with van der Waals surface area (Å²) in [6, 6.07) is 25.0. The van der Waals surface area contributed by atoms with Gasteiger partial charge in [-0.1, -0.05) is 60.7 Å². The van der Waals surface area contributed by atoms with Crippen LogP contribution >= 0.6 is 0 Å². The summed E-state index contributed by atoms with van der Waals surface area (Å²) in [7, 11) is 1.55. The van der Waals surface area contributed by atoms with E-state index in [4.69, 9.17) is 0 Å². The first-order valence-corrected chi connectivity index (χ1v) is 10.9. The standard InChI is InChI=1S/C28H22N2O3/c1-29-28(33)20-6-3-7-21(16-20)30-25(32)15-14-24(31)22-12-10-19-9-8-17-4-2-5-18-11-13-23(22)27(19)26(17)18/h2-13,16H,14-15H2,1H3,(H,29,33)(H,30,32). The van der Waals surface area contributed by atoms with Crippen LogP contribution in [0.5, 0.6) is 0 Å². The van der Waals surface area contributed by atoms with Crippen molar-refractivity contribution in [1.82, 2.24) is 5.32 Å². The highest BCUT2D eigenvalue weighted by Crippen LogP contribution is 2.36. The van der Waals surface area contributed by atoms with Crippen molar-refractivity contribution in [2.75, 3.05) is 12.4 Å². The number of nitrogens with one attached hydrogen (secondary N) is 2. The van der Waals surface area contributed by atoms with Gasteiger partial charge in [0.05, 0.1) is 0 Å². The van der Waals surface area contributed by atoms with Crippen molar-refractivity contribution in [3.63, 3.8) is 0 Å². The van der Waals surface area contributed by atoms with Gasteiger partial charge in [0.2, 0.25) is 5.91 Å². The second-order valence-electron chi connectivity index (χ2n) is 8.10. The smallest absolute Gasteiger partial charge is 0.251 e. The fourth-order valence-corrected chi connectivity index (χ4v) is 4.45. The van der Waals surface area contributed by atoms with Crippen LogP contribution in [0.4, 0.5) is 5.69 Å². The van der Waals surface area contributed by atoms with Crippen molar-refractivity contribution >= 4 is 55.6 Å². The van der Waals surface area contributed by atoms with Crippen LogP contribution in [0.2, 0.25) is 0 Å². The molecule has 5 aromatic rings. The molecule has 33 heavy (non-hydrogen) atoms. The van der Waals surface area contributed by atoms with E-state index in [1.807, 2.05) is 30.3 Å². The van der Waals surface area contributed by atoms with Gasteiger partial charge in [0.1, 0.15) is 0 Å². The Morgan fingerprint density at radius 3 is 2.15 bits per heavy atom. The molecule has 0 saturated carbocycles. The maximum Gasteiger partial charge on any atom is 0.251 e. The molecule has 0 radical (unpaired) electrons. The molecule has 162 valence electrons. The first kappa shape index (κ1) is 20.6. The van der Waals surface area contributed by atoms with E-state index < -0.39 is 0 Å². The van der Waals surface area contributed by atoms with E-state index in [1.54, 1.807) is 31.3 Å². The Morgan fingerprint density at radius 1 is 0.727 bits per heavy atom. The Balaban J connectivity index is 1.36. The predicted octanol–water partition coefficient (Wildman–Crippen LogP) is 5.55. The summed E-state index contributed by atoms with van der Waals surface area (Å²) in [5.74, 6) is -0.562. The molecule has 0 aliphatic rings. The van der Waals surface area contributed by atoms with Gasteiger partial charge in [-0.15, -0.1) is 0 Å². The Morgan fingerprint density at radius 2 is 1.39 bits per heavy atom. The molecule has 0 aromatic heterocycles. The minimum absolute atomic E-state index is 0.0605. The molecule has 0 heterocycles. The van der Waals surface area contributed by atoms with Gasteiger partial charge >= 0.3 is 0 Å². The van der Waals surface area contributed by atoms with Gasteiger partial charge in [0.15, 0.2) is 5.78 Å². The van der Waals surface area contributed by atoms with E-state index in [9.17, 15) is 14.4 Å². The van der Waals surface area contributed by atoms with Crippen molar-refractivity contribution in [2.24, 2.45) is 0 Å². The summed E-state index contributed by atoms with van der Waals surface area (Å²) in [6.45, 7) is 0. The molecule has 5 rings (SSSR count). The van der Waals surface area contributed by atoms with Gasteiger partial charge in [0, 0.05) is 36.7 Å². The fourth-order valence-electron chi connectivity index (χ4n) is 4.45. The minimum Gasteiger partial charge on any atom is -0.355 e. The number of rotatable bonds is 6. The molecule has 2 amide bonds. The van der Waals surface area contributed by atoms with Gasteiger partial charge in [0.25, 0.3) is 5.91 Å². The number of ketones is 1. The minimum atomic E-state index is -0.268. The summed E-state index contributed by atoms with van der Waals surface area (Å²) in [6.07, 6.45) is 0.163. The van der Waals surface area contributed by atoms with Crippen LogP contribution < -0.4 is 10.6 Å². The molecular weight excluding hydrogens is 412 g/mol. The van der Waals surface area contributed by atoms with Crippen LogP contribution in [0, 0.1) is 0 Å². The van der Waals surface area contributed by atoms with Gasteiger partial charge in [-0.05, 0) is 50.5 Å². The van der Waals surface area contributed by atoms with Crippen LogP contribution in [0.15, 0.2) is 78.9 Å². The lowest BCUT2D eigenvalue weighted by atomic mass is 9.90. The molecule has 0 saturated heterocycles. The first-order valence-electron chi connectivity index (χ1n) is 10.9. The van der Waals surface area contributed by atoms with E-state index in [2.05, 4.69) is 34.9 Å². The van der Waals surface area contributed by atoms with E-state index in [-0.39, 0.29) is 30.4 Å². The quantitative estimate of drug-likeness (QED) is 0.272. The van der Waals surface area contributed by atoms with Crippen molar-refractivity contribution in [3.05, 3.63) is 90.0 Å². The maximum atomic E-state index is 13.1. The molecule has 0 spiro atoms.